The second kappa shape index (κ2) is 5.30. The maximum absolute atomic E-state index is 12.6. The second-order valence-corrected chi connectivity index (χ2v) is 6.67. The van der Waals surface area contributed by atoms with Gasteiger partial charge in [0, 0.05) is 13.2 Å². The number of sulfonamides is 1. The monoisotopic (exact) mass is 311 g/mol. The van der Waals surface area contributed by atoms with Crippen LogP contribution in [-0.2, 0) is 10.0 Å². The molecule has 0 saturated heterocycles. The quantitative estimate of drug-likeness (QED) is 0.883. The number of halogens is 1. The third-order valence-electron chi connectivity index (χ3n) is 2.94. The molecule has 106 valence electrons. The molecule has 5 nitrogen and oxygen atoms in total. The number of nitrogens with two attached hydrogens (primary N) is 1. The number of benzene rings is 1. The predicted octanol–water partition coefficient (Wildman–Crippen LogP) is 2.45. The molecule has 2 aromatic rings. The summed E-state index contributed by atoms with van der Waals surface area (Å²) in [4.78, 5) is 4.05. The molecule has 0 bridgehead atoms. The van der Waals surface area contributed by atoms with Crippen LogP contribution in [0.2, 0.25) is 5.02 Å². The van der Waals surface area contributed by atoms with Crippen molar-refractivity contribution in [2.75, 3.05) is 17.1 Å². The summed E-state index contributed by atoms with van der Waals surface area (Å²) >= 11 is 5.89. The third kappa shape index (κ3) is 2.57. The van der Waals surface area contributed by atoms with Crippen molar-refractivity contribution in [2.45, 2.75) is 11.8 Å². The molecular formula is C13H14ClN3O2S. The first-order valence-electron chi connectivity index (χ1n) is 5.78. The molecule has 0 spiro atoms. The van der Waals surface area contributed by atoms with Gasteiger partial charge in [-0.3, -0.25) is 9.29 Å². The van der Waals surface area contributed by atoms with Crippen LogP contribution in [0.15, 0.2) is 41.6 Å². The molecule has 1 aromatic carbocycles. The van der Waals surface area contributed by atoms with E-state index in [4.69, 9.17) is 17.3 Å². The number of pyridine rings is 1. The minimum atomic E-state index is -3.71. The lowest BCUT2D eigenvalue weighted by molar-refractivity contribution is 0.594. The molecule has 0 unspecified atom stereocenters. The molecule has 0 aliphatic rings. The van der Waals surface area contributed by atoms with E-state index in [0.29, 0.717) is 16.3 Å². The fraction of sp³-hybridized carbons (Fsp3) is 0.154. The van der Waals surface area contributed by atoms with Crippen molar-refractivity contribution in [2.24, 2.45) is 0 Å². The molecule has 2 rings (SSSR count). The second-order valence-electron chi connectivity index (χ2n) is 4.32. The van der Waals surface area contributed by atoms with Gasteiger partial charge >= 0.3 is 0 Å². The SMILES string of the molecule is Cc1cc(Cl)c(N)cc1S(=O)(=O)N(C)c1cccnc1. The van der Waals surface area contributed by atoms with Gasteiger partial charge in [0.25, 0.3) is 10.0 Å². The molecule has 0 aliphatic heterocycles. The molecule has 0 atom stereocenters. The summed E-state index contributed by atoms with van der Waals surface area (Å²) < 4.78 is 26.4. The number of hydrogen-bond acceptors (Lipinski definition) is 4. The highest BCUT2D eigenvalue weighted by atomic mass is 35.5. The Morgan fingerprint density at radius 1 is 1.35 bits per heavy atom. The van der Waals surface area contributed by atoms with E-state index in [2.05, 4.69) is 4.98 Å². The van der Waals surface area contributed by atoms with Crippen LogP contribution in [0.25, 0.3) is 0 Å². The van der Waals surface area contributed by atoms with E-state index in [1.165, 1.54) is 19.3 Å². The summed E-state index contributed by atoms with van der Waals surface area (Å²) in [5.74, 6) is 0. The van der Waals surface area contributed by atoms with Crippen LogP contribution in [0, 0.1) is 6.92 Å². The van der Waals surface area contributed by atoms with E-state index in [-0.39, 0.29) is 10.6 Å². The van der Waals surface area contributed by atoms with Gasteiger partial charge in [-0.05, 0) is 36.8 Å². The van der Waals surface area contributed by atoms with Gasteiger partial charge in [0.1, 0.15) is 0 Å². The summed E-state index contributed by atoms with van der Waals surface area (Å²) in [6.45, 7) is 1.68. The molecule has 0 fully saturated rings. The minimum absolute atomic E-state index is 0.130. The number of hydrogen-bond donors (Lipinski definition) is 1. The minimum Gasteiger partial charge on any atom is -0.397 e. The van der Waals surface area contributed by atoms with E-state index >= 15 is 0 Å². The Morgan fingerprint density at radius 2 is 2.05 bits per heavy atom. The van der Waals surface area contributed by atoms with Crippen LogP contribution >= 0.6 is 11.6 Å². The van der Waals surface area contributed by atoms with Crippen LogP contribution in [0.5, 0.6) is 0 Å². The van der Waals surface area contributed by atoms with Gasteiger partial charge in [0.05, 0.1) is 27.5 Å². The maximum Gasteiger partial charge on any atom is 0.264 e. The van der Waals surface area contributed by atoms with E-state index in [0.717, 1.165) is 4.31 Å². The van der Waals surface area contributed by atoms with Crippen LogP contribution < -0.4 is 10.0 Å². The molecule has 1 aromatic heterocycles. The Hall–Kier alpha value is -1.79. The Morgan fingerprint density at radius 3 is 2.65 bits per heavy atom. The number of anilines is 2. The van der Waals surface area contributed by atoms with Crippen molar-refractivity contribution < 1.29 is 8.42 Å². The van der Waals surface area contributed by atoms with Crippen LogP contribution in [0.3, 0.4) is 0 Å². The zero-order valence-corrected chi connectivity index (χ0v) is 12.6. The van der Waals surface area contributed by atoms with Crippen LogP contribution in [0.1, 0.15) is 5.56 Å². The molecule has 20 heavy (non-hydrogen) atoms. The van der Waals surface area contributed by atoms with Crippen molar-refractivity contribution in [3.63, 3.8) is 0 Å². The molecule has 1 heterocycles. The Labute approximate surface area is 123 Å². The lowest BCUT2D eigenvalue weighted by Crippen LogP contribution is -2.27. The van der Waals surface area contributed by atoms with Crippen molar-refractivity contribution in [1.82, 2.24) is 4.98 Å². The zero-order valence-electron chi connectivity index (χ0n) is 11.0. The highest BCUT2D eigenvalue weighted by Gasteiger charge is 2.24. The van der Waals surface area contributed by atoms with Gasteiger partial charge in [0.2, 0.25) is 0 Å². The van der Waals surface area contributed by atoms with Gasteiger partial charge in [-0.1, -0.05) is 11.6 Å². The normalized spacial score (nSPS) is 11.3. The van der Waals surface area contributed by atoms with Gasteiger partial charge in [0.15, 0.2) is 0 Å². The fourth-order valence-electron chi connectivity index (χ4n) is 1.77. The van der Waals surface area contributed by atoms with E-state index in [1.54, 1.807) is 31.3 Å². The number of nitrogen functional groups attached to an aromatic ring is 1. The van der Waals surface area contributed by atoms with Crippen LogP contribution in [-0.4, -0.2) is 20.4 Å². The summed E-state index contributed by atoms with van der Waals surface area (Å²) in [6, 6.07) is 6.25. The summed E-state index contributed by atoms with van der Waals surface area (Å²) in [5.41, 5.74) is 6.94. The number of nitrogens with zero attached hydrogens (tertiary/aromatic N) is 2. The third-order valence-corrected chi connectivity index (χ3v) is 5.20. The summed E-state index contributed by atoms with van der Waals surface area (Å²) in [6.07, 6.45) is 3.06. The topological polar surface area (TPSA) is 76.3 Å². The van der Waals surface area contributed by atoms with Gasteiger partial charge in [-0.25, -0.2) is 8.42 Å². The molecule has 0 saturated carbocycles. The first-order valence-corrected chi connectivity index (χ1v) is 7.60. The van der Waals surface area contributed by atoms with Gasteiger partial charge < -0.3 is 5.73 Å². The first-order chi connectivity index (χ1) is 9.34. The lowest BCUT2D eigenvalue weighted by atomic mass is 10.2. The van der Waals surface area contributed by atoms with Gasteiger partial charge in [-0.2, -0.15) is 0 Å². The lowest BCUT2D eigenvalue weighted by Gasteiger charge is -2.20. The molecule has 7 heteroatoms. The number of rotatable bonds is 3. The standard InChI is InChI=1S/C13H14ClN3O2S/c1-9-6-11(14)12(15)7-13(9)20(18,19)17(2)10-4-3-5-16-8-10/h3-8H,15H2,1-2H3. The number of aryl methyl sites for hydroxylation is 1. The molecule has 2 N–H and O–H groups in total. The maximum atomic E-state index is 12.6. The first kappa shape index (κ1) is 14.6. The summed E-state index contributed by atoms with van der Waals surface area (Å²) in [5, 5.41) is 0.338. The smallest absolute Gasteiger partial charge is 0.264 e. The average Bonchev–Trinajstić information content (AvgIpc) is 2.42. The Kier molecular flexibility index (Phi) is 3.87. The fourth-order valence-corrected chi connectivity index (χ4v) is 3.41. The van der Waals surface area contributed by atoms with E-state index < -0.39 is 10.0 Å². The Balaban J connectivity index is 2.54. The molecule has 0 aliphatic carbocycles. The van der Waals surface area contributed by atoms with Crippen molar-refractivity contribution in [3.05, 3.63) is 47.2 Å². The average molecular weight is 312 g/mol. The highest BCUT2D eigenvalue weighted by molar-refractivity contribution is 7.92. The molecule has 0 radical (unpaired) electrons. The van der Waals surface area contributed by atoms with E-state index in [9.17, 15) is 8.42 Å². The van der Waals surface area contributed by atoms with Crippen molar-refractivity contribution in [1.29, 1.82) is 0 Å². The highest BCUT2D eigenvalue weighted by Crippen LogP contribution is 2.29. The van der Waals surface area contributed by atoms with Gasteiger partial charge in [-0.15, -0.1) is 0 Å². The van der Waals surface area contributed by atoms with Crippen molar-refractivity contribution in [3.8, 4) is 0 Å². The largest absolute Gasteiger partial charge is 0.397 e. The predicted molar refractivity (Wildman–Crippen MR) is 80.4 cm³/mol. The van der Waals surface area contributed by atoms with Crippen molar-refractivity contribution >= 4 is 33.0 Å². The Bertz CT molecular complexity index is 733. The molecule has 0 amide bonds. The van der Waals surface area contributed by atoms with Crippen LogP contribution in [0.4, 0.5) is 11.4 Å². The number of aromatic nitrogens is 1. The van der Waals surface area contributed by atoms with E-state index in [1.807, 2.05) is 0 Å². The molecular weight excluding hydrogens is 298 g/mol. The zero-order chi connectivity index (χ0) is 14.9. The summed E-state index contributed by atoms with van der Waals surface area (Å²) in [7, 11) is -2.24.